The first-order chi connectivity index (χ1) is 12.2. The third-order valence-corrected chi connectivity index (χ3v) is 4.70. The highest BCUT2D eigenvalue weighted by atomic mass is 32.1. The summed E-state index contributed by atoms with van der Waals surface area (Å²) in [4.78, 5) is 16.1. The van der Waals surface area contributed by atoms with Crippen LogP contribution in [0.5, 0.6) is 0 Å². The van der Waals surface area contributed by atoms with Crippen LogP contribution in [-0.2, 0) is 4.79 Å². The molecule has 0 radical (unpaired) electrons. The van der Waals surface area contributed by atoms with Crippen molar-refractivity contribution in [2.24, 2.45) is 0 Å². The van der Waals surface area contributed by atoms with Crippen LogP contribution in [-0.4, -0.2) is 10.9 Å². The van der Waals surface area contributed by atoms with Crippen LogP contribution in [0.1, 0.15) is 31.9 Å². The minimum atomic E-state index is 0.0165. The van der Waals surface area contributed by atoms with Crippen molar-refractivity contribution in [2.45, 2.75) is 26.3 Å². The Hall–Kier alpha value is -2.66. The van der Waals surface area contributed by atoms with E-state index in [4.69, 9.17) is 0 Å². The Morgan fingerprint density at radius 2 is 1.84 bits per heavy atom. The molecular formula is C20H21N3OS. The third-order valence-electron chi connectivity index (χ3n) is 3.93. The van der Waals surface area contributed by atoms with Gasteiger partial charge in [0.1, 0.15) is 0 Å². The number of nitrogens with one attached hydrogen (secondary N) is 2. The molecule has 1 amide bonds. The maximum Gasteiger partial charge on any atom is 0.224 e. The fraction of sp³-hybridized carbons (Fsp3) is 0.200. The third kappa shape index (κ3) is 4.45. The minimum absolute atomic E-state index is 0.0165. The molecule has 2 N–H and O–H groups in total. The molecule has 128 valence electrons. The van der Waals surface area contributed by atoms with E-state index in [1.807, 2.05) is 54.8 Å². The molecule has 2 aromatic carbocycles. The predicted molar refractivity (Wildman–Crippen MR) is 105 cm³/mol. The molecule has 0 unspecified atom stereocenters. The van der Waals surface area contributed by atoms with Crippen molar-refractivity contribution >= 4 is 28.1 Å². The highest BCUT2D eigenvalue weighted by Crippen LogP contribution is 2.28. The Morgan fingerprint density at radius 3 is 2.52 bits per heavy atom. The smallest absolute Gasteiger partial charge is 0.224 e. The molecule has 0 fully saturated rings. The van der Waals surface area contributed by atoms with Crippen molar-refractivity contribution in [1.82, 2.24) is 4.98 Å². The molecule has 0 bridgehead atoms. The van der Waals surface area contributed by atoms with Gasteiger partial charge in [-0.1, -0.05) is 49.4 Å². The van der Waals surface area contributed by atoms with Gasteiger partial charge in [-0.15, -0.1) is 11.3 Å². The van der Waals surface area contributed by atoms with Gasteiger partial charge in [-0.2, -0.15) is 0 Å². The minimum Gasteiger partial charge on any atom is -0.355 e. The van der Waals surface area contributed by atoms with Crippen LogP contribution in [0.3, 0.4) is 0 Å². The number of carbonyl (C=O) groups is 1. The van der Waals surface area contributed by atoms with Crippen LogP contribution in [0.15, 0.2) is 60.0 Å². The van der Waals surface area contributed by atoms with E-state index in [0.717, 1.165) is 22.1 Å². The van der Waals surface area contributed by atoms with Crippen LogP contribution in [0.2, 0.25) is 0 Å². The summed E-state index contributed by atoms with van der Waals surface area (Å²) < 4.78 is 0. The van der Waals surface area contributed by atoms with Gasteiger partial charge in [0.05, 0.1) is 11.7 Å². The Bertz CT molecular complexity index is 828. The molecule has 0 saturated heterocycles. The Balaban J connectivity index is 1.68. The zero-order chi connectivity index (χ0) is 17.6. The van der Waals surface area contributed by atoms with Crippen LogP contribution in [0.4, 0.5) is 10.8 Å². The van der Waals surface area contributed by atoms with E-state index in [1.54, 1.807) is 11.3 Å². The van der Waals surface area contributed by atoms with Gasteiger partial charge in [0.25, 0.3) is 0 Å². The van der Waals surface area contributed by atoms with Gasteiger partial charge in [0.2, 0.25) is 5.91 Å². The number of hydrogen-bond acceptors (Lipinski definition) is 4. The lowest BCUT2D eigenvalue weighted by Crippen LogP contribution is -2.09. The van der Waals surface area contributed by atoms with Crippen LogP contribution in [0, 0.1) is 0 Å². The first kappa shape index (κ1) is 17.2. The first-order valence-electron chi connectivity index (χ1n) is 8.33. The van der Waals surface area contributed by atoms with Crippen LogP contribution in [0.25, 0.3) is 11.3 Å². The summed E-state index contributed by atoms with van der Waals surface area (Å²) >= 11 is 1.59. The van der Waals surface area contributed by atoms with Gasteiger partial charge in [0, 0.05) is 23.1 Å². The van der Waals surface area contributed by atoms with E-state index >= 15 is 0 Å². The molecule has 1 aromatic heterocycles. The highest BCUT2D eigenvalue weighted by Gasteiger charge is 2.09. The van der Waals surface area contributed by atoms with Crippen molar-refractivity contribution in [3.8, 4) is 11.3 Å². The maximum atomic E-state index is 11.4. The average molecular weight is 351 g/mol. The van der Waals surface area contributed by atoms with Gasteiger partial charge < -0.3 is 10.6 Å². The molecule has 1 atom stereocenters. The van der Waals surface area contributed by atoms with Crippen molar-refractivity contribution in [1.29, 1.82) is 0 Å². The number of nitrogens with zero attached hydrogens (tertiary/aromatic N) is 1. The maximum absolute atomic E-state index is 11.4. The molecule has 3 rings (SSSR count). The number of benzene rings is 2. The number of rotatable bonds is 6. The number of anilines is 2. The first-order valence-corrected chi connectivity index (χ1v) is 9.21. The van der Waals surface area contributed by atoms with E-state index in [1.165, 1.54) is 5.56 Å². The molecule has 5 heteroatoms. The summed E-state index contributed by atoms with van der Waals surface area (Å²) in [5.74, 6) is 0.0165. The number of carbonyl (C=O) groups excluding carboxylic acids is 1. The summed E-state index contributed by atoms with van der Waals surface area (Å²) in [5.41, 5.74) is 4.00. The molecule has 25 heavy (non-hydrogen) atoms. The Morgan fingerprint density at radius 1 is 1.12 bits per heavy atom. The summed E-state index contributed by atoms with van der Waals surface area (Å²) in [6.07, 6.45) is 0.475. The summed E-state index contributed by atoms with van der Waals surface area (Å²) in [5, 5.41) is 9.23. The van der Waals surface area contributed by atoms with Crippen molar-refractivity contribution < 1.29 is 4.79 Å². The summed E-state index contributed by atoms with van der Waals surface area (Å²) in [6, 6.07) is 18.3. The van der Waals surface area contributed by atoms with Crippen LogP contribution >= 0.6 is 11.3 Å². The Kier molecular flexibility index (Phi) is 5.46. The van der Waals surface area contributed by atoms with E-state index in [2.05, 4.69) is 34.7 Å². The van der Waals surface area contributed by atoms with E-state index in [0.29, 0.717) is 6.42 Å². The van der Waals surface area contributed by atoms with Crippen LogP contribution < -0.4 is 10.6 Å². The second-order valence-corrected chi connectivity index (χ2v) is 6.65. The van der Waals surface area contributed by atoms with E-state index in [9.17, 15) is 4.79 Å². The predicted octanol–water partition coefficient (Wildman–Crippen LogP) is 5.33. The molecular weight excluding hydrogens is 330 g/mol. The summed E-state index contributed by atoms with van der Waals surface area (Å²) in [6.45, 7) is 3.96. The average Bonchev–Trinajstić information content (AvgIpc) is 3.11. The molecule has 0 saturated carbocycles. The van der Waals surface area contributed by atoms with Gasteiger partial charge in [-0.25, -0.2) is 4.98 Å². The number of aromatic nitrogens is 1. The fourth-order valence-electron chi connectivity index (χ4n) is 2.46. The number of thiazole rings is 1. The van der Waals surface area contributed by atoms with Gasteiger partial charge >= 0.3 is 0 Å². The second-order valence-electron chi connectivity index (χ2n) is 5.79. The second kappa shape index (κ2) is 7.94. The number of hydrogen-bond donors (Lipinski definition) is 2. The lowest BCUT2D eigenvalue weighted by molar-refractivity contribution is -0.115. The topological polar surface area (TPSA) is 54.0 Å². The largest absolute Gasteiger partial charge is 0.355 e. The molecule has 4 nitrogen and oxygen atoms in total. The van der Waals surface area contributed by atoms with Gasteiger partial charge in [0.15, 0.2) is 5.13 Å². The Labute approximate surface area is 151 Å². The standard InChI is InChI=1S/C20H21N3OS/c1-3-19(24)22-17-11-9-16(10-12-17)18-13-25-20(23-18)21-14(2)15-7-5-4-6-8-15/h4-14H,3H2,1-2H3,(H,21,23)(H,22,24)/t14-/m0/s1. The molecule has 3 aromatic rings. The van der Waals surface area contributed by atoms with E-state index in [-0.39, 0.29) is 11.9 Å². The van der Waals surface area contributed by atoms with Crippen molar-refractivity contribution in [3.63, 3.8) is 0 Å². The zero-order valence-electron chi connectivity index (χ0n) is 14.3. The molecule has 0 aliphatic rings. The van der Waals surface area contributed by atoms with E-state index < -0.39 is 0 Å². The quantitative estimate of drug-likeness (QED) is 0.631. The lowest BCUT2D eigenvalue weighted by Gasteiger charge is -2.12. The highest BCUT2D eigenvalue weighted by molar-refractivity contribution is 7.14. The SMILES string of the molecule is CCC(=O)Nc1ccc(-c2csc(N[C@@H](C)c3ccccc3)n2)cc1. The molecule has 0 aliphatic heterocycles. The van der Waals surface area contributed by atoms with Crippen molar-refractivity contribution in [2.75, 3.05) is 10.6 Å². The molecule has 1 heterocycles. The fourth-order valence-corrected chi connectivity index (χ4v) is 3.26. The van der Waals surface area contributed by atoms with Gasteiger partial charge in [-0.3, -0.25) is 4.79 Å². The monoisotopic (exact) mass is 351 g/mol. The molecule has 0 spiro atoms. The normalized spacial score (nSPS) is 11.8. The summed E-state index contributed by atoms with van der Waals surface area (Å²) in [7, 11) is 0. The zero-order valence-corrected chi connectivity index (χ0v) is 15.1. The lowest BCUT2D eigenvalue weighted by atomic mass is 10.1. The van der Waals surface area contributed by atoms with Gasteiger partial charge in [-0.05, 0) is 24.6 Å². The number of amides is 1. The van der Waals surface area contributed by atoms with Crippen molar-refractivity contribution in [3.05, 3.63) is 65.5 Å². The molecule has 0 aliphatic carbocycles.